The summed E-state index contributed by atoms with van der Waals surface area (Å²) >= 11 is 1.73. The van der Waals surface area contributed by atoms with E-state index in [1.54, 1.807) is 11.3 Å². The number of nitrogens with one attached hydrogen (secondary N) is 1. The second-order valence-electron chi connectivity index (χ2n) is 6.31. The van der Waals surface area contributed by atoms with Crippen LogP contribution in [0.15, 0.2) is 17.5 Å². The van der Waals surface area contributed by atoms with Gasteiger partial charge in [-0.05, 0) is 50.2 Å². The summed E-state index contributed by atoms with van der Waals surface area (Å²) in [6.45, 7) is 5.26. The highest BCUT2D eigenvalue weighted by molar-refractivity contribution is 7.10. The predicted molar refractivity (Wildman–Crippen MR) is 86.2 cm³/mol. The Labute approximate surface area is 131 Å². The van der Waals surface area contributed by atoms with Gasteiger partial charge < -0.3 is 9.80 Å². The van der Waals surface area contributed by atoms with Gasteiger partial charge in [0.15, 0.2) is 0 Å². The summed E-state index contributed by atoms with van der Waals surface area (Å²) in [5.74, 6) is 0.886. The minimum Gasteiger partial charge on any atom is -0.320 e. The van der Waals surface area contributed by atoms with Gasteiger partial charge in [0.25, 0.3) is 0 Å². The van der Waals surface area contributed by atoms with E-state index in [4.69, 9.17) is 0 Å². The van der Waals surface area contributed by atoms with Crippen LogP contribution in [-0.4, -0.2) is 48.4 Å². The summed E-state index contributed by atoms with van der Waals surface area (Å²) in [7, 11) is 2.18. The molecule has 21 heavy (non-hydrogen) atoms. The molecule has 1 aromatic heterocycles. The number of likely N-dealkylation sites (tertiary alicyclic amines) is 1. The van der Waals surface area contributed by atoms with Crippen LogP contribution in [0.5, 0.6) is 0 Å². The molecule has 2 aliphatic heterocycles. The summed E-state index contributed by atoms with van der Waals surface area (Å²) in [6.07, 6.45) is 3.43. The summed E-state index contributed by atoms with van der Waals surface area (Å²) in [6, 6.07) is 4.18. The summed E-state index contributed by atoms with van der Waals surface area (Å²) in [5.41, 5.74) is 0. The van der Waals surface area contributed by atoms with Gasteiger partial charge in [0, 0.05) is 18.0 Å². The molecule has 0 radical (unpaired) electrons. The molecule has 2 saturated heterocycles. The van der Waals surface area contributed by atoms with Gasteiger partial charge in [-0.2, -0.15) is 0 Å². The normalized spacial score (nSPS) is 31.0. The lowest BCUT2D eigenvalue weighted by Gasteiger charge is -2.34. The largest absolute Gasteiger partial charge is 0.320 e. The van der Waals surface area contributed by atoms with E-state index < -0.39 is 0 Å². The number of amides is 1. The van der Waals surface area contributed by atoms with Crippen LogP contribution >= 0.6 is 11.3 Å². The third-order valence-electron chi connectivity index (χ3n) is 4.65. The summed E-state index contributed by atoms with van der Waals surface area (Å²) in [4.78, 5) is 18.4. The van der Waals surface area contributed by atoms with E-state index in [0.29, 0.717) is 5.92 Å². The number of nitrogens with zero attached hydrogens (tertiary/aromatic N) is 2. The van der Waals surface area contributed by atoms with Crippen LogP contribution in [0.2, 0.25) is 0 Å². The zero-order chi connectivity index (χ0) is 14.8. The molecular formula is C16H25N3OS. The van der Waals surface area contributed by atoms with Crippen LogP contribution in [0.1, 0.15) is 37.2 Å². The molecule has 4 nitrogen and oxygen atoms in total. The van der Waals surface area contributed by atoms with Crippen LogP contribution in [0.25, 0.3) is 0 Å². The number of carbonyl (C=O) groups excluding carboxylic acids is 1. The third kappa shape index (κ3) is 3.15. The molecule has 0 saturated carbocycles. The van der Waals surface area contributed by atoms with E-state index in [2.05, 4.69) is 46.6 Å². The van der Waals surface area contributed by atoms with Crippen molar-refractivity contribution < 1.29 is 4.79 Å². The molecule has 3 heterocycles. The van der Waals surface area contributed by atoms with Crippen molar-refractivity contribution in [2.24, 2.45) is 5.92 Å². The van der Waals surface area contributed by atoms with Crippen molar-refractivity contribution in [1.82, 2.24) is 15.1 Å². The van der Waals surface area contributed by atoms with Gasteiger partial charge in [-0.25, -0.2) is 0 Å². The first-order chi connectivity index (χ1) is 10.2. The fourth-order valence-electron chi connectivity index (χ4n) is 3.55. The smallest absolute Gasteiger partial charge is 0.241 e. The van der Waals surface area contributed by atoms with Gasteiger partial charge in [0.1, 0.15) is 6.17 Å². The molecule has 0 bridgehead atoms. The summed E-state index contributed by atoms with van der Waals surface area (Å²) in [5, 5.41) is 5.61. The molecule has 1 N–H and O–H groups in total. The van der Waals surface area contributed by atoms with Gasteiger partial charge in [0.05, 0.1) is 6.04 Å². The number of hydrogen-bond acceptors (Lipinski definition) is 4. The maximum Gasteiger partial charge on any atom is 0.241 e. The molecule has 1 amide bonds. The highest BCUT2D eigenvalue weighted by Gasteiger charge is 2.40. The summed E-state index contributed by atoms with van der Waals surface area (Å²) < 4.78 is 0. The first kappa shape index (κ1) is 15.0. The molecule has 1 aromatic rings. The first-order valence-corrected chi connectivity index (χ1v) is 8.85. The van der Waals surface area contributed by atoms with Crippen LogP contribution in [0.3, 0.4) is 0 Å². The van der Waals surface area contributed by atoms with Gasteiger partial charge in [0.2, 0.25) is 5.91 Å². The Morgan fingerprint density at radius 2 is 2.33 bits per heavy atom. The van der Waals surface area contributed by atoms with Crippen LogP contribution in [0, 0.1) is 5.92 Å². The van der Waals surface area contributed by atoms with Crippen molar-refractivity contribution in [3.63, 3.8) is 0 Å². The van der Waals surface area contributed by atoms with E-state index in [9.17, 15) is 4.79 Å². The van der Waals surface area contributed by atoms with E-state index in [0.717, 1.165) is 19.5 Å². The lowest BCUT2D eigenvalue weighted by molar-refractivity contribution is -0.131. The maximum absolute atomic E-state index is 12.7. The molecule has 2 fully saturated rings. The molecule has 3 atom stereocenters. The molecular weight excluding hydrogens is 282 g/mol. The molecule has 116 valence electrons. The monoisotopic (exact) mass is 307 g/mol. The Balaban J connectivity index is 1.74. The Hall–Kier alpha value is -0.910. The van der Waals surface area contributed by atoms with E-state index >= 15 is 0 Å². The molecule has 3 rings (SSSR count). The predicted octanol–water partition coefficient (Wildman–Crippen LogP) is 2.30. The lowest BCUT2D eigenvalue weighted by Crippen LogP contribution is -2.41. The molecule has 0 aliphatic carbocycles. The Morgan fingerprint density at radius 1 is 1.48 bits per heavy atom. The molecule has 5 heteroatoms. The van der Waals surface area contributed by atoms with Crippen LogP contribution in [-0.2, 0) is 4.79 Å². The fraction of sp³-hybridized carbons (Fsp3) is 0.688. The highest BCUT2D eigenvalue weighted by atomic mass is 32.1. The molecule has 3 unspecified atom stereocenters. The van der Waals surface area contributed by atoms with Crippen LogP contribution < -0.4 is 5.32 Å². The Kier molecular flexibility index (Phi) is 4.62. The SMILES string of the molecule is CCC1NC(c2cccs2)N(CC2CCCN(C)C2)C1=O. The second kappa shape index (κ2) is 6.46. The lowest BCUT2D eigenvalue weighted by atomic mass is 9.97. The van der Waals surface area contributed by atoms with Crippen molar-refractivity contribution in [2.45, 2.75) is 38.4 Å². The van der Waals surface area contributed by atoms with Gasteiger partial charge in [-0.1, -0.05) is 13.0 Å². The Bertz CT molecular complexity index is 476. The van der Waals surface area contributed by atoms with Crippen molar-refractivity contribution >= 4 is 17.2 Å². The van der Waals surface area contributed by atoms with E-state index in [1.165, 1.54) is 24.3 Å². The van der Waals surface area contributed by atoms with E-state index in [-0.39, 0.29) is 18.1 Å². The van der Waals surface area contributed by atoms with Crippen molar-refractivity contribution in [1.29, 1.82) is 0 Å². The van der Waals surface area contributed by atoms with Gasteiger partial charge in [-0.3, -0.25) is 10.1 Å². The number of hydrogen-bond donors (Lipinski definition) is 1. The number of carbonyl (C=O) groups is 1. The maximum atomic E-state index is 12.7. The average Bonchev–Trinajstić information content (AvgIpc) is 3.09. The standard InChI is InChI=1S/C16H25N3OS/c1-3-13-16(20)19(11-12-6-4-8-18(2)10-12)15(17-13)14-7-5-9-21-14/h5,7,9,12-13,15,17H,3-4,6,8,10-11H2,1-2H3. The number of thiophene rings is 1. The molecule has 0 aromatic carbocycles. The first-order valence-electron chi connectivity index (χ1n) is 7.97. The van der Waals surface area contributed by atoms with Crippen LogP contribution in [0.4, 0.5) is 0 Å². The van der Waals surface area contributed by atoms with Crippen molar-refractivity contribution in [2.75, 3.05) is 26.7 Å². The quantitative estimate of drug-likeness (QED) is 0.927. The zero-order valence-electron chi connectivity index (χ0n) is 12.9. The van der Waals surface area contributed by atoms with Crippen molar-refractivity contribution in [3.8, 4) is 0 Å². The number of rotatable bonds is 4. The highest BCUT2D eigenvalue weighted by Crippen LogP contribution is 2.31. The minimum atomic E-state index is -0.0154. The third-order valence-corrected chi connectivity index (χ3v) is 5.57. The fourth-order valence-corrected chi connectivity index (χ4v) is 4.35. The topological polar surface area (TPSA) is 35.6 Å². The minimum absolute atomic E-state index is 0.0154. The number of piperidine rings is 1. The molecule has 0 spiro atoms. The zero-order valence-corrected chi connectivity index (χ0v) is 13.7. The van der Waals surface area contributed by atoms with Gasteiger partial charge >= 0.3 is 0 Å². The van der Waals surface area contributed by atoms with Gasteiger partial charge in [-0.15, -0.1) is 11.3 Å². The molecule has 2 aliphatic rings. The average molecular weight is 307 g/mol. The second-order valence-corrected chi connectivity index (χ2v) is 7.29. The van der Waals surface area contributed by atoms with Crippen molar-refractivity contribution in [3.05, 3.63) is 22.4 Å². The Morgan fingerprint density at radius 3 is 3.00 bits per heavy atom. The van der Waals surface area contributed by atoms with E-state index in [1.807, 2.05) is 0 Å².